The Balaban J connectivity index is 2.33. The third-order valence-corrected chi connectivity index (χ3v) is 2.83. The van der Waals surface area contributed by atoms with Gasteiger partial charge in [-0.15, -0.1) is 9.94 Å². The molecule has 0 amide bonds. The van der Waals surface area contributed by atoms with E-state index in [2.05, 4.69) is 37.0 Å². The monoisotopic (exact) mass is 316 g/mol. The Labute approximate surface area is 97.9 Å². The molecule has 0 saturated carbocycles. The van der Waals surface area contributed by atoms with Crippen molar-refractivity contribution in [3.8, 4) is 5.75 Å². The first-order valence-electron chi connectivity index (χ1n) is 3.89. The number of hydrogen-bond donors (Lipinski definition) is 0. The van der Waals surface area contributed by atoms with Crippen LogP contribution in [0, 0.1) is 0 Å². The fourth-order valence-electron chi connectivity index (χ4n) is 0.972. The van der Waals surface area contributed by atoms with Crippen LogP contribution in [-0.2, 0) is 0 Å². The van der Waals surface area contributed by atoms with Gasteiger partial charge < -0.3 is 4.84 Å². The number of nitrogens with zero attached hydrogens (tertiary/aromatic N) is 2. The van der Waals surface area contributed by atoms with Crippen molar-refractivity contribution in [3.63, 3.8) is 0 Å². The van der Waals surface area contributed by atoms with E-state index in [1.165, 1.54) is 4.85 Å². The topological polar surface area (TPSA) is 27.1 Å². The minimum Gasteiger partial charge on any atom is -0.356 e. The van der Waals surface area contributed by atoms with E-state index in [1.807, 2.05) is 18.2 Å². The average Bonchev–Trinajstić information content (AvgIpc) is 2.64. The van der Waals surface area contributed by atoms with Crippen LogP contribution in [0.15, 0.2) is 45.6 Å². The van der Waals surface area contributed by atoms with Crippen molar-refractivity contribution in [1.29, 1.82) is 0 Å². The lowest BCUT2D eigenvalue weighted by molar-refractivity contribution is 0.176. The van der Waals surface area contributed by atoms with Crippen LogP contribution in [0.3, 0.4) is 0 Å². The van der Waals surface area contributed by atoms with E-state index in [0.717, 1.165) is 8.95 Å². The molecule has 0 atom stereocenters. The Hall–Kier alpha value is -0.810. The van der Waals surface area contributed by atoms with E-state index in [9.17, 15) is 0 Å². The van der Waals surface area contributed by atoms with Gasteiger partial charge in [0.2, 0.25) is 0 Å². The first-order chi connectivity index (χ1) is 6.77. The average molecular weight is 318 g/mol. The molecular formula is C9H6Br2N2O. The van der Waals surface area contributed by atoms with Gasteiger partial charge in [0.05, 0.1) is 21.3 Å². The SMILES string of the molecule is Brc1cccc(Br)c1On1cccn1. The molecule has 5 heteroatoms. The molecule has 1 heterocycles. The van der Waals surface area contributed by atoms with Crippen LogP contribution in [0.4, 0.5) is 0 Å². The Morgan fingerprint density at radius 2 is 1.86 bits per heavy atom. The fourth-order valence-corrected chi connectivity index (χ4v) is 2.12. The summed E-state index contributed by atoms with van der Waals surface area (Å²) in [4.78, 5) is 6.89. The molecule has 0 radical (unpaired) electrons. The number of benzene rings is 1. The maximum absolute atomic E-state index is 5.49. The summed E-state index contributed by atoms with van der Waals surface area (Å²) in [6.45, 7) is 0. The summed E-state index contributed by atoms with van der Waals surface area (Å²) in [6.07, 6.45) is 3.39. The zero-order chi connectivity index (χ0) is 9.97. The van der Waals surface area contributed by atoms with E-state index in [4.69, 9.17) is 4.84 Å². The second kappa shape index (κ2) is 4.14. The van der Waals surface area contributed by atoms with E-state index in [-0.39, 0.29) is 0 Å². The van der Waals surface area contributed by atoms with Gasteiger partial charge in [0.25, 0.3) is 0 Å². The minimum atomic E-state index is 0.705. The van der Waals surface area contributed by atoms with Crippen LogP contribution >= 0.6 is 31.9 Å². The van der Waals surface area contributed by atoms with Crippen molar-refractivity contribution in [2.45, 2.75) is 0 Å². The Morgan fingerprint density at radius 1 is 1.14 bits per heavy atom. The van der Waals surface area contributed by atoms with Gasteiger partial charge in [-0.25, -0.2) is 0 Å². The van der Waals surface area contributed by atoms with Crippen molar-refractivity contribution in [2.24, 2.45) is 0 Å². The van der Waals surface area contributed by atoms with Crippen molar-refractivity contribution < 1.29 is 4.84 Å². The predicted molar refractivity (Wildman–Crippen MR) is 60.1 cm³/mol. The molecule has 2 aromatic rings. The number of para-hydroxylation sites is 1. The van der Waals surface area contributed by atoms with E-state index in [0.29, 0.717) is 5.75 Å². The van der Waals surface area contributed by atoms with Crippen LogP contribution in [-0.4, -0.2) is 9.94 Å². The summed E-state index contributed by atoms with van der Waals surface area (Å²) in [5.74, 6) is 0.705. The molecule has 1 aromatic carbocycles. The molecule has 2 rings (SSSR count). The largest absolute Gasteiger partial charge is 0.356 e. The van der Waals surface area contributed by atoms with E-state index < -0.39 is 0 Å². The highest BCUT2D eigenvalue weighted by Crippen LogP contribution is 2.32. The number of halogens is 2. The zero-order valence-electron chi connectivity index (χ0n) is 7.02. The van der Waals surface area contributed by atoms with Gasteiger partial charge >= 0.3 is 0 Å². The molecule has 0 N–H and O–H groups in total. The molecule has 0 unspecified atom stereocenters. The summed E-state index contributed by atoms with van der Waals surface area (Å²) in [5, 5.41) is 3.95. The van der Waals surface area contributed by atoms with Crippen LogP contribution < -0.4 is 4.84 Å². The molecule has 72 valence electrons. The molecule has 0 spiro atoms. The first-order valence-corrected chi connectivity index (χ1v) is 5.48. The fraction of sp³-hybridized carbons (Fsp3) is 0. The zero-order valence-corrected chi connectivity index (χ0v) is 10.2. The summed E-state index contributed by atoms with van der Waals surface area (Å²) in [5.41, 5.74) is 0. The molecule has 0 bridgehead atoms. The molecule has 0 aliphatic rings. The molecule has 0 aliphatic carbocycles. The smallest absolute Gasteiger partial charge is 0.186 e. The van der Waals surface area contributed by atoms with Gasteiger partial charge in [-0.2, -0.15) is 0 Å². The molecule has 1 aromatic heterocycles. The molecular weight excluding hydrogens is 312 g/mol. The van der Waals surface area contributed by atoms with Gasteiger partial charge in [0.15, 0.2) is 5.75 Å². The number of hydrogen-bond acceptors (Lipinski definition) is 2. The quantitative estimate of drug-likeness (QED) is 0.850. The second-order valence-corrected chi connectivity index (χ2v) is 4.26. The van der Waals surface area contributed by atoms with Crippen molar-refractivity contribution in [3.05, 3.63) is 45.6 Å². The lowest BCUT2D eigenvalue weighted by Gasteiger charge is -2.07. The lowest BCUT2D eigenvalue weighted by atomic mass is 10.3. The van der Waals surface area contributed by atoms with Gasteiger partial charge in [-0.3, -0.25) is 0 Å². The van der Waals surface area contributed by atoms with Gasteiger partial charge in [0, 0.05) is 0 Å². The number of rotatable bonds is 2. The highest BCUT2D eigenvalue weighted by molar-refractivity contribution is 9.11. The summed E-state index contributed by atoms with van der Waals surface area (Å²) in [6, 6.07) is 7.53. The standard InChI is InChI=1S/C9H6Br2N2O/c10-7-3-1-4-8(11)9(7)14-13-6-2-5-12-13/h1-6H. The van der Waals surface area contributed by atoms with E-state index >= 15 is 0 Å². The van der Waals surface area contributed by atoms with Crippen molar-refractivity contribution in [1.82, 2.24) is 9.94 Å². The first kappa shape index (κ1) is 9.73. The summed E-state index contributed by atoms with van der Waals surface area (Å²) >= 11 is 6.79. The van der Waals surface area contributed by atoms with Crippen molar-refractivity contribution in [2.75, 3.05) is 0 Å². The molecule has 0 saturated heterocycles. The Morgan fingerprint density at radius 3 is 2.43 bits per heavy atom. The lowest BCUT2D eigenvalue weighted by Crippen LogP contribution is -2.05. The Bertz CT molecular complexity index is 408. The summed E-state index contributed by atoms with van der Waals surface area (Å²) < 4.78 is 1.75. The summed E-state index contributed by atoms with van der Waals surface area (Å²) in [7, 11) is 0. The van der Waals surface area contributed by atoms with E-state index in [1.54, 1.807) is 18.5 Å². The van der Waals surface area contributed by atoms with Crippen LogP contribution in [0.25, 0.3) is 0 Å². The highest BCUT2D eigenvalue weighted by Gasteiger charge is 2.06. The van der Waals surface area contributed by atoms with Gasteiger partial charge in [-0.1, -0.05) is 6.07 Å². The third-order valence-electron chi connectivity index (χ3n) is 1.58. The normalized spacial score (nSPS) is 10.1. The molecule has 0 fully saturated rings. The second-order valence-electron chi connectivity index (χ2n) is 2.55. The van der Waals surface area contributed by atoms with Crippen LogP contribution in [0.1, 0.15) is 0 Å². The highest BCUT2D eigenvalue weighted by atomic mass is 79.9. The van der Waals surface area contributed by atoms with Crippen LogP contribution in [0.5, 0.6) is 5.75 Å². The maximum atomic E-state index is 5.49. The minimum absolute atomic E-state index is 0.705. The predicted octanol–water partition coefficient (Wildman–Crippen LogP) is 3.25. The van der Waals surface area contributed by atoms with Gasteiger partial charge in [-0.05, 0) is 50.1 Å². The van der Waals surface area contributed by atoms with Crippen LogP contribution in [0.2, 0.25) is 0 Å². The molecule has 14 heavy (non-hydrogen) atoms. The molecule has 3 nitrogen and oxygen atoms in total. The maximum Gasteiger partial charge on any atom is 0.186 e. The van der Waals surface area contributed by atoms with Crippen molar-refractivity contribution >= 4 is 31.9 Å². The number of aromatic nitrogens is 2. The molecule has 0 aliphatic heterocycles. The Kier molecular flexibility index (Phi) is 2.88. The third kappa shape index (κ3) is 1.99. The van der Waals surface area contributed by atoms with Gasteiger partial charge in [0.1, 0.15) is 0 Å².